The molecular weight excluding hydrogens is 276 g/mol. The number of carbonyl (C=O) groups is 1. The Morgan fingerprint density at radius 1 is 1.50 bits per heavy atom. The van der Waals surface area contributed by atoms with Crippen molar-refractivity contribution in [1.29, 1.82) is 0 Å². The Labute approximate surface area is 124 Å². The van der Waals surface area contributed by atoms with Crippen molar-refractivity contribution in [2.24, 2.45) is 0 Å². The molecule has 1 aliphatic heterocycles. The standard InChI is InChI=1S/C15H21ClN2O2/c1-3-15(20)10-18(11-15)9-14(19)17(2)8-12-5-4-6-13(16)7-12/h4-7,20H,3,8-11H2,1-2H3. The summed E-state index contributed by atoms with van der Waals surface area (Å²) in [5.74, 6) is 0.0585. The molecule has 5 heteroatoms. The smallest absolute Gasteiger partial charge is 0.236 e. The average Bonchev–Trinajstić information content (AvgIpc) is 2.36. The third-order valence-electron chi connectivity index (χ3n) is 3.79. The van der Waals surface area contributed by atoms with Crippen LogP contribution in [0.1, 0.15) is 18.9 Å². The van der Waals surface area contributed by atoms with Crippen LogP contribution in [0.15, 0.2) is 24.3 Å². The zero-order valence-electron chi connectivity index (χ0n) is 12.0. The average molecular weight is 297 g/mol. The molecule has 0 unspecified atom stereocenters. The van der Waals surface area contributed by atoms with Crippen LogP contribution in [0.4, 0.5) is 0 Å². The Hall–Kier alpha value is -1.10. The van der Waals surface area contributed by atoms with Gasteiger partial charge in [0.1, 0.15) is 0 Å². The minimum Gasteiger partial charge on any atom is -0.387 e. The molecule has 0 aliphatic carbocycles. The second kappa shape index (κ2) is 6.12. The highest BCUT2D eigenvalue weighted by Gasteiger charge is 2.40. The number of amides is 1. The summed E-state index contributed by atoms with van der Waals surface area (Å²) in [4.78, 5) is 15.8. The van der Waals surface area contributed by atoms with Crippen LogP contribution in [0.3, 0.4) is 0 Å². The van der Waals surface area contributed by atoms with Crippen molar-refractivity contribution in [3.8, 4) is 0 Å². The van der Waals surface area contributed by atoms with E-state index in [0.717, 1.165) is 12.0 Å². The molecule has 0 radical (unpaired) electrons. The summed E-state index contributed by atoms with van der Waals surface area (Å²) in [6, 6.07) is 7.52. The quantitative estimate of drug-likeness (QED) is 0.900. The molecule has 1 aliphatic rings. The van der Waals surface area contributed by atoms with E-state index in [-0.39, 0.29) is 5.91 Å². The van der Waals surface area contributed by atoms with E-state index in [9.17, 15) is 9.90 Å². The van der Waals surface area contributed by atoms with Gasteiger partial charge in [-0.2, -0.15) is 0 Å². The van der Waals surface area contributed by atoms with E-state index >= 15 is 0 Å². The molecule has 0 saturated carbocycles. The molecule has 0 spiro atoms. The van der Waals surface area contributed by atoms with Crippen molar-refractivity contribution >= 4 is 17.5 Å². The van der Waals surface area contributed by atoms with Gasteiger partial charge in [0.05, 0.1) is 12.1 Å². The minimum atomic E-state index is -0.591. The number of hydrogen-bond acceptors (Lipinski definition) is 3. The van der Waals surface area contributed by atoms with Gasteiger partial charge < -0.3 is 10.0 Å². The number of rotatable bonds is 5. The Balaban J connectivity index is 1.81. The van der Waals surface area contributed by atoms with E-state index in [1.807, 2.05) is 36.1 Å². The second-order valence-electron chi connectivity index (χ2n) is 5.60. The lowest BCUT2D eigenvalue weighted by Crippen LogP contribution is -2.62. The van der Waals surface area contributed by atoms with Gasteiger partial charge >= 0.3 is 0 Å². The number of β-amino-alcohol motifs (C(OH)–C–C–N with tert-alkyl or cyclic N) is 1. The predicted molar refractivity (Wildman–Crippen MR) is 79.6 cm³/mol. The van der Waals surface area contributed by atoms with Gasteiger partial charge in [-0.3, -0.25) is 9.69 Å². The van der Waals surface area contributed by atoms with Crippen molar-refractivity contribution in [2.75, 3.05) is 26.7 Å². The normalized spacial score (nSPS) is 17.6. The number of benzene rings is 1. The summed E-state index contributed by atoms with van der Waals surface area (Å²) in [5.41, 5.74) is 0.424. The van der Waals surface area contributed by atoms with Crippen LogP contribution in [-0.4, -0.2) is 53.1 Å². The Kier molecular flexibility index (Phi) is 4.68. The molecule has 0 atom stereocenters. The third-order valence-corrected chi connectivity index (χ3v) is 4.02. The number of carbonyl (C=O) groups excluding carboxylic acids is 1. The SMILES string of the molecule is CCC1(O)CN(CC(=O)N(C)Cc2cccc(Cl)c2)C1. The number of aliphatic hydroxyl groups is 1. The summed E-state index contributed by atoms with van der Waals surface area (Å²) < 4.78 is 0. The van der Waals surface area contributed by atoms with Gasteiger partial charge in [-0.15, -0.1) is 0 Å². The highest BCUT2D eigenvalue weighted by molar-refractivity contribution is 6.30. The maximum absolute atomic E-state index is 12.1. The lowest BCUT2D eigenvalue weighted by molar-refractivity contribution is -0.141. The molecule has 20 heavy (non-hydrogen) atoms. The topological polar surface area (TPSA) is 43.8 Å². The molecule has 1 fully saturated rings. The predicted octanol–water partition coefficient (Wildman–Crippen LogP) is 1.76. The van der Waals surface area contributed by atoms with E-state index in [1.54, 1.807) is 11.9 Å². The van der Waals surface area contributed by atoms with E-state index in [1.165, 1.54) is 0 Å². The lowest BCUT2D eigenvalue weighted by atomic mass is 9.91. The highest BCUT2D eigenvalue weighted by Crippen LogP contribution is 2.23. The van der Waals surface area contributed by atoms with Crippen LogP contribution in [0, 0.1) is 0 Å². The van der Waals surface area contributed by atoms with Crippen molar-refractivity contribution in [3.63, 3.8) is 0 Å². The number of nitrogens with zero attached hydrogens (tertiary/aromatic N) is 2. The summed E-state index contributed by atoms with van der Waals surface area (Å²) in [6.45, 7) is 4.04. The van der Waals surface area contributed by atoms with E-state index < -0.39 is 5.60 Å². The highest BCUT2D eigenvalue weighted by atomic mass is 35.5. The zero-order chi connectivity index (χ0) is 14.8. The fourth-order valence-electron chi connectivity index (χ4n) is 2.43. The monoisotopic (exact) mass is 296 g/mol. The molecule has 110 valence electrons. The fourth-order valence-corrected chi connectivity index (χ4v) is 2.64. The van der Waals surface area contributed by atoms with Crippen LogP contribution in [0.2, 0.25) is 5.02 Å². The minimum absolute atomic E-state index is 0.0585. The number of likely N-dealkylation sites (tertiary alicyclic amines) is 1. The molecule has 1 amide bonds. The van der Waals surface area contributed by atoms with Crippen molar-refractivity contribution in [3.05, 3.63) is 34.9 Å². The molecule has 0 bridgehead atoms. The van der Waals surface area contributed by atoms with E-state index in [0.29, 0.717) is 31.2 Å². The van der Waals surface area contributed by atoms with Crippen molar-refractivity contribution in [2.45, 2.75) is 25.5 Å². The lowest BCUT2D eigenvalue weighted by Gasteiger charge is -2.46. The summed E-state index contributed by atoms with van der Waals surface area (Å²) in [6.07, 6.45) is 0.732. The van der Waals surface area contributed by atoms with Crippen molar-refractivity contribution < 1.29 is 9.90 Å². The molecular formula is C15H21ClN2O2. The first-order chi connectivity index (χ1) is 9.42. The number of hydrogen-bond donors (Lipinski definition) is 1. The molecule has 0 aromatic heterocycles. The van der Waals surface area contributed by atoms with Gasteiger partial charge in [-0.05, 0) is 24.1 Å². The zero-order valence-corrected chi connectivity index (χ0v) is 12.7. The summed E-state index contributed by atoms with van der Waals surface area (Å²) >= 11 is 5.93. The van der Waals surface area contributed by atoms with Crippen LogP contribution in [-0.2, 0) is 11.3 Å². The third kappa shape index (κ3) is 3.72. The molecule has 4 nitrogen and oxygen atoms in total. The molecule has 1 aromatic carbocycles. The fraction of sp³-hybridized carbons (Fsp3) is 0.533. The van der Waals surface area contributed by atoms with E-state index in [2.05, 4.69) is 0 Å². The Morgan fingerprint density at radius 3 is 2.80 bits per heavy atom. The molecule has 1 N–H and O–H groups in total. The maximum atomic E-state index is 12.1. The first-order valence-electron chi connectivity index (χ1n) is 6.85. The Morgan fingerprint density at radius 2 is 2.20 bits per heavy atom. The van der Waals surface area contributed by atoms with Gasteiger partial charge in [0, 0.05) is 31.7 Å². The van der Waals surface area contributed by atoms with Crippen LogP contribution < -0.4 is 0 Å². The van der Waals surface area contributed by atoms with Crippen LogP contribution in [0.25, 0.3) is 0 Å². The Bertz CT molecular complexity index is 487. The summed E-state index contributed by atoms with van der Waals surface area (Å²) in [5, 5.41) is 10.6. The second-order valence-corrected chi connectivity index (χ2v) is 6.04. The first-order valence-corrected chi connectivity index (χ1v) is 7.23. The van der Waals surface area contributed by atoms with Crippen molar-refractivity contribution in [1.82, 2.24) is 9.80 Å². The van der Waals surface area contributed by atoms with Gasteiger partial charge in [-0.1, -0.05) is 30.7 Å². The van der Waals surface area contributed by atoms with Gasteiger partial charge in [-0.25, -0.2) is 0 Å². The molecule has 1 saturated heterocycles. The summed E-state index contributed by atoms with van der Waals surface area (Å²) in [7, 11) is 1.79. The first kappa shape index (κ1) is 15.3. The van der Waals surface area contributed by atoms with Gasteiger partial charge in [0.15, 0.2) is 0 Å². The van der Waals surface area contributed by atoms with Crippen LogP contribution in [0.5, 0.6) is 0 Å². The number of likely N-dealkylation sites (N-methyl/N-ethyl adjacent to an activating group) is 1. The van der Waals surface area contributed by atoms with Crippen LogP contribution >= 0.6 is 11.6 Å². The van der Waals surface area contributed by atoms with Gasteiger partial charge in [0.2, 0.25) is 5.91 Å². The maximum Gasteiger partial charge on any atom is 0.236 e. The molecule has 1 aromatic rings. The molecule has 2 rings (SSSR count). The number of halogens is 1. The van der Waals surface area contributed by atoms with Gasteiger partial charge in [0.25, 0.3) is 0 Å². The van der Waals surface area contributed by atoms with E-state index in [4.69, 9.17) is 11.6 Å². The molecule has 1 heterocycles. The largest absolute Gasteiger partial charge is 0.387 e.